The molecule has 0 fully saturated rings. The Kier molecular flexibility index (Phi) is 3.39. The van der Waals surface area contributed by atoms with Crippen LogP contribution in [0.25, 0.3) is 0 Å². The number of rotatable bonds is 3. The van der Waals surface area contributed by atoms with E-state index in [1.165, 1.54) is 6.92 Å². The summed E-state index contributed by atoms with van der Waals surface area (Å²) >= 11 is 0. The van der Waals surface area contributed by atoms with Gasteiger partial charge in [-0.1, -0.05) is 0 Å². The molecule has 1 rings (SSSR count). The zero-order chi connectivity index (χ0) is 12.3. The molecular formula is C9H10N2O5. The number of carbonyl (C=O) groups excluding carboxylic acids is 1. The smallest absolute Gasteiger partial charge is 0.348 e. The van der Waals surface area contributed by atoms with E-state index in [2.05, 4.69) is 4.74 Å². The van der Waals surface area contributed by atoms with E-state index in [9.17, 15) is 20.1 Å². The minimum atomic E-state index is -0.808. The number of ether oxygens (including phenoxy) is 1. The molecule has 0 N–H and O–H groups in total. The first-order chi connectivity index (χ1) is 7.47. The van der Waals surface area contributed by atoms with E-state index >= 15 is 0 Å². The maximum absolute atomic E-state index is 11.4. The van der Waals surface area contributed by atoms with Crippen LogP contribution in [0, 0.1) is 22.2 Å². The largest absolute Gasteiger partial charge is 0.618 e. The average molecular weight is 226 g/mol. The number of aryl methyl sites for hydroxylation is 1. The Morgan fingerprint density at radius 3 is 2.75 bits per heavy atom. The maximum atomic E-state index is 11.4. The fraction of sp³-hybridized carbons (Fsp3) is 0.333. The van der Waals surface area contributed by atoms with E-state index in [1.54, 1.807) is 6.92 Å². The molecule has 0 aliphatic heterocycles. The Morgan fingerprint density at radius 2 is 2.25 bits per heavy atom. The SMILES string of the molecule is CCOC(=O)c1cc(C)[n+]([O-])cc1[N+](=O)[O-]. The van der Waals surface area contributed by atoms with Gasteiger partial charge in [0.25, 0.3) is 6.20 Å². The third-order valence-corrected chi connectivity index (χ3v) is 1.91. The van der Waals surface area contributed by atoms with Crippen molar-refractivity contribution >= 4 is 11.7 Å². The Morgan fingerprint density at radius 1 is 1.62 bits per heavy atom. The van der Waals surface area contributed by atoms with Gasteiger partial charge in [-0.15, -0.1) is 0 Å². The number of carbonyl (C=O) groups is 1. The molecule has 1 aromatic rings. The zero-order valence-corrected chi connectivity index (χ0v) is 8.80. The molecule has 0 aliphatic carbocycles. The molecule has 86 valence electrons. The second kappa shape index (κ2) is 4.56. The Bertz CT molecular complexity index is 444. The van der Waals surface area contributed by atoms with Crippen molar-refractivity contribution in [3.63, 3.8) is 0 Å². The number of hydrogen-bond donors (Lipinski definition) is 0. The molecule has 16 heavy (non-hydrogen) atoms. The molecule has 0 unspecified atom stereocenters. The number of nitrogens with zero attached hydrogens (tertiary/aromatic N) is 2. The Hall–Kier alpha value is -2.18. The molecule has 0 saturated heterocycles. The summed E-state index contributed by atoms with van der Waals surface area (Å²) in [6, 6.07) is 1.14. The Labute approximate surface area is 91.0 Å². The monoisotopic (exact) mass is 226 g/mol. The maximum Gasteiger partial charge on any atom is 0.348 e. The van der Waals surface area contributed by atoms with Gasteiger partial charge in [-0.25, -0.2) is 4.79 Å². The summed E-state index contributed by atoms with van der Waals surface area (Å²) in [5.74, 6) is -0.808. The minimum absolute atomic E-state index is 0.112. The van der Waals surface area contributed by atoms with E-state index < -0.39 is 16.6 Å². The lowest BCUT2D eigenvalue weighted by Gasteiger charge is -2.04. The highest BCUT2D eigenvalue weighted by molar-refractivity contribution is 5.93. The summed E-state index contributed by atoms with van der Waals surface area (Å²) in [4.78, 5) is 21.2. The lowest BCUT2D eigenvalue weighted by Crippen LogP contribution is -2.31. The number of hydrogen-bond acceptors (Lipinski definition) is 5. The molecule has 7 nitrogen and oxygen atoms in total. The molecule has 0 saturated carbocycles. The summed E-state index contributed by atoms with van der Waals surface area (Å²) in [5, 5.41) is 21.8. The van der Waals surface area contributed by atoms with Gasteiger partial charge in [0.15, 0.2) is 5.69 Å². The minimum Gasteiger partial charge on any atom is -0.618 e. The van der Waals surface area contributed by atoms with E-state index in [-0.39, 0.29) is 17.9 Å². The van der Waals surface area contributed by atoms with Gasteiger partial charge in [-0.05, 0) is 6.92 Å². The van der Waals surface area contributed by atoms with Crippen LogP contribution in [0.15, 0.2) is 12.3 Å². The van der Waals surface area contributed by atoms with Gasteiger partial charge in [0, 0.05) is 13.0 Å². The quantitative estimate of drug-likeness (QED) is 0.248. The summed E-state index contributed by atoms with van der Waals surface area (Å²) in [5.41, 5.74) is -0.579. The van der Waals surface area contributed by atoms with Crippen LogP contribution in [0.1, 0.15) is 23.0 Å². The molecule has 0 aliphatic rings. The van der Waals surface area contributed by atoms with E-state index in [4.69, 9.17) is 0 Å². The molecule has 0 aromatic carbocycles. The van der Waals surface area contributed by atoms with Crippen molar-refractivity contribution in [2.24, 2.45) is 0 Å². The Balaban J connectivity index is 3.30. The van der Waals surface area contributed by atoms with Crippen LogP contribution >= 0.6 is 0 Å². The highest BCUT2D eigenvalue weighted by Gasteiger charge is 2.26. The van der Waals surface area contributed by atoms with Crippen molar-refractivity contribution in [1.82, 2.24) is 0 Å². The third-order valence-electron chi connectivity index (χ3n) is 1.91. The van der Waals surface area contributed by atoms with Crippen LogP contribution in [-0.2, 0) is 4.74 Å². The van der Waals surface area contributed by atoms with Crippen LogP contribution in [0.4, 0.5) is 5.69 Å². The van der Waals surface area contributed by atoms with Crippen molar-refractivity contribution in [2.75, 3.05) is 6.61 Å². The van der Waals surface area contributed by atoms with Gasteiger partial charge < -0.3 is 9.94 Å². The second-order valence-corrected chi connectivity index (χ2v) is 3.02. The van der Waals surface area contributed by atoms with Gasteiger partial charge in [0.1, 0.15) is 5.56 Å². The predicted molar refractivity (Wildman–Crippen MR) is 52.7 cm³/mol. The molecule has 0 spiro atoms. The predicted octanol–water partition coefficient (Wildman–Crippen LogP) is 0.713. The summed E-state index contributed by atoms with van der Waals surface area (Å²) in [7, 11) is 0. The number of aromatic nitrogens is 1. The fourth-order valence-corrected chi connectivity index (χ4v) is 1.15. The van der Waals surface area contributed by atoms with Gasteiger partial charge in [0.05, 0.1) is 11.5 Å². The van der Waals surface area contributed by atoms with E-state index in [0.29, 0.717) is 4.73 Å². The third kappa shape index (κ3) is 2.25. The first kappa shape index (κ1) is 11.9. The van der Waals surface area contributed by atoms with Gasteiger partial charge in [0.2, 0.25) is 0 Å². The van der Waals surface area contributed by atoms with Gasteiger partial charge >= 0.3 is 11.7 Å². The fourth-order valence-electron chi connectivity index (χ4n) is 1.15. The van der Waals surface area contributed by atoms with E-state index in [1.807, 2.05) is 0 Å². The van der Waals surface area contributed by atoms with Crippen LogP contribution in [-0.4, -0.2) is 17.5 Å². The van der Waals surface area contributed by atoms with Crippen LogP contribution < -0.4 is 4.73 Å². The molecule has 1 aromatic heterocycles. The van der Waals surface area contributed by atoms with Crippen LogP contribution in [0.5, 0.6) is 0 Å². The van der Waals surface area contributed by atoms with Crippen molar-refractivity contribution in [3.05, 3.63) is 38.8 Å². The van der Waals surface area contributed by atoms with Crippen molar-refractivity contribution < 1.29 is 19.2 Å². The molecule has 1 heterocycles. The normalized spacial score (nSPS) is 9.88. The van der Waals surface area contributed by atoms with Crippen molar-refractivity contribution in [2.45, 2.75) is 13.8 Å². The first-order valence-electron chi connectivity index (χ1n) is 4.52. The average Bonchev–Trinajstić information content (AvgIpc) is 2.21. The summed E-state index contributed by atoms with van der Waals surface area (Å²) in [6.07, 6.45) is 0.752. The number of esters is 1. The van der Waals surface area contributed by atoms with Crippen molar-refractivity contribution in [3.8, 4) is 0 Å². The highest BCUT2D eigenvalue weighted by Crippen LogP contribution is 2.17. The van der Waals surface area contributed by atoms with Crippen LogP contribution in [0.2, 0.25) is 0 Å². The summed E-state index contributed by atoms with van der Waals surface area (Å²) in [6.45, 7) is 3.15. The lowest BCUT2D eigenvalue weighted by atomic mass is 10.2. The molecule has 7 heteroatoms. The molecule has 0 bridgehead atoms. The topological polar surface area (TPSA) is 96.4 Å². The molecular weight excluding hydrogens is 216 g/mol. The zero-order valence-electron chi connectivity index (χ0n) is 8.80. The lowest BCUT2D eigenvalue weighted by molar-refractivity contribution is -0.616. The summed E-state index contributed by atoms with van der Waals surface area (Å²) < 4.78 is 4.99. The standard InChI is InChI=1S/C9H10N2O5/c1-3-16-9(12)7-4-6(2)10(13)5-8(7)11(14)15/h4-5H,3H2,1-2H3. The molecule has 0 atom stereocenters. The highest BCUT2D eigenvalue weighted by atomic mass is 16.6. The molecule has 0 amide bonds. The number of pyridine rings is 1. The van der Waals surface area contributed by atoms with Gasteiger partial charge in [-0.2, -0.15) is 4.73 Å². The second-order valence-electron chi connectivity index (χ2n) is 3.02. The molecule has 0 radical (unpaired) electrons. The van der Waals surface area contributed by atoms with E-state index in [0.717, 1.165) is 12.3 Å². The van der Waals surface area contributed by atoms with Crippen molar-refractivity contribution in [1.29, 1.82) is 0 Å². The van der Waals surface area contributed by atoms with Crippen LogP contribution in [0.3, 0.4) is 0 Å². The number of nitro groups is 1. The first-order valence-corrected chi connectivity index (χ1v) is 4.52. The van der Waals surface area contributed by atoms with Gasteiger partial charge in [-0.3, -0.25) is 10.1 Å².